The molecule has 114 valence electrons. The Morgan fingerprint density at radius 2 is 2.00 bits per heavy atom. The van der Waals surface area contributed by atoms with E-state index in [-0.39, 0.29) is 11.4 Å². The molecule has 1 aromatic rings. The van der Waals surface area contributed by atoms with Crippen molar-refractivity contribution in [3.05, 3.63) is 29.6 Å². The molecule has 0 aliphatic heterocycles. The highest BCUT2D eigenvalue weighted by molar-refractivity contribution is 5.34. The van der Waals surface area contributed by atoms with Gasteiger partial charge in [0, 0.05) is 17.6 Å². The minimum atomic E-state index is -0.218. The number of hydrogen-bond acceptors (Lipinski definition) is 2. The van der Waals surface area contributed by atoms with Gasteiger partial charge in [0.2, 0.25) is 0 Å². The fourth-order valence-corrected chi connectivity index (χ4v) is 2.00. The summed E-state index contributed by atoms with van der Waals surface area (Å²) < 4.78 is 19.3. The Bertz CT molecular complexity index is 412. The van der Waals surface area contributed by atoms with E-state index in [4.69, 9.17) is 4.74 Å². The first-order valence-corrected chi connectivity index (χ1v) is 7.48. The van der Waals surface area contributed by atoms with E-state index >= 15 is 0 Å². The molecule has 0 bridgehead atoms. The fourth-order valence-electron chi connectivity index (χ4n) is 2.00. The molecule has 0 aliphatic carbocycles. The van der Waals surface area contributed by atoms with E-state index in [2.05, 4.69) is 39.9 Å². The largest absolute Gasteiger partial charge is 0.493 e. The Morgan fingerprint density at radius 3 is 2.60 bits per heavy atom. The molecule has 3 heteroatoms. The van der Waals surface area contributed by atoms with Crippen molar-refractivity contribution >= 4 is 0 Å². The van der Waals surface area contributed by atoms with Gasteiger partial charge in [0.1, 0.15) is 11.6 Å². The molecule has 0 fully saturated rings. The van der Waals surface area contributed by atoms with Crippen molar-refractivity contribution in [3.8, 4) is 5.75 Å². The van der Waals surface area contributed by atoms with Crippen molar-refractivity contribution in [1.82, 2.24) is 5.32 Å². The van der Waals surface area contributed by atoms with E-state index in [1.807, 2.05) is 0 Å². The highest BCUT2D eigenvalue weighted by Crippen LogP contribution is 2.21. The maximum Gasteiger partial charge on any atom is 0.123 e. The van der Waals surface area contributed by atoms with Gasteiger partial charge < -0.3 is 10.1 Å². The Balaban J connectivity index is 2.69. The van der Waals surface area contributed by atoms with Crippen molar-refractivity contribution in [2.45, 2.75) is 59.5 Å². The monoisotopic (exact) mass is 281 g/mol. The van der Waals surface area contributed by atoms with Crippen LogP contribution in [0.5, 0.6) is 5.75 Å². The predicted molar refractivity (Wildman–Crippen MR) is 82.6 cm³/mol. The zero-order valence-electron chi connectivity index (χ0n) is 13.4. The third kappa shape index (κ3) is 6.38. The smallest absolute Gasteiger partial charge is 0.123 e. The number of nitrogens with one attached hydrogen (secondary N) is 1. The second kappa shape index (κ2) is 7.63. The molecule has 1 rings (SSSR count). The fraction of sp³-hybridized carbons (Fsp3) is 0.647. The SMILES string of the molecule is CCCC(C)COc1ccc(F)cc1CNC(C)(C)C. The lowest BCUT2D eigenvalue weighted by atomic mass is 10.1. The van der Waals surface area contributed by atoms with Crippen molar-refractivity contribution in [2.24, 2.45) is 5.92 Å². The van der Waals surface area contributed by atoms with Crippen LogP contribution in [0.15, 0.2) is 18.2 Å². The first-order valence-electron chi connectivity index (χ1n) is 7.48. The maximum atomic E-state index is 13.4. The third-order valence-electron chi connectivity index (χ3n) is 3.14. The van der Waals surface area contributed by atoms with Gasteiger partial charge in [0.25, 0.3) is 0 Å². The van der Waals surface area contributed by atoms with E-state index in [0.29, 0.717) is 19.1 Å². The van der Waals surface area contributed by atoms with E-state index in [1.165, 1.54) is 6.07 Å². The maximum absolute atomic E-state index is 13.4. The summed E-state index contributed by atoms with van der Waals surface area (Å²) in [5, 5.41) is 3.37. The van der Waals surface area contributed by atoms with Gasteiger partial charge in [0.15, 0.2) is 0 Å². The van der Waals surface area contributed by atoms with Crippen LogP contribution >= 0.6 is 0 Å². The summed E-state index contributed by atoms with van der Waals surface area (Å²) in [7, 11) is 0. The molecule has 1 aromatic carbocycles. The van der Waals surface area contributed by atoms with Gasteiger partial charge in [-0.25, -0.2) is 4.39 Å². The quantitative estimate of drug-likeness (QED) is 0.793. The van der Waals surface area contributed by atoms with Gasteiger partial charge in [-0.2, -0.15) is 0 Å². The summed E-state index contributed by atoms with van der Waals surface area (Å²) in [6.07, 6.45) is 2.31. The molecule has 1 N–H and O–H groups in total. The van der Waals surface area contributed by atoms with Gasteiger partial charge in [-0.05, 0) is 51.3 Å². The molecule has 0 radical (unpaired) electrons. The van der Waals surface area contributed by atoms with Crippen LogP contribution < -0.4 is 10.1 Å². The molecule has 0 saturated heterocycles. The number of rotatable bonds is 7. The summed E-state index contributed by atoms with van der Waals surface area (Å²) in [5.41, 5.74) is 0.877. The van der Waals surface area contributed by atoms with Crippen LogP contribution in [0.4, 0.5) is 4.39 Å². The van der Waals surface area contributed by atoms with Gasteiger partial charge in [-0.3, -0.25) is 0 Å². The minimum absolute atomic E-state index is 0.000903. The Morgan fingerprint density at radius 1 is 1.30 bits per heavy atom. The molecule has 1 unspecified atom stereocenters. The summed E-state index contributed by atoms with van der Waals surface area (Å²) in [6, 6.07) is 4.74. The van der Waals surface area contributed by atoms with Gasteiger partial charge in [-0.1, -0.05) is 20.3 Å². The van der Waals surface area contributed by atoms with Crippen LogP contribution in [-0.4, -0.2) is 12.1 Å². The number of benzene rings is 1. The molecular formula is C17H28FNO. The van der Waals surface area contributed by atoms with Crippen LogP contribution in [0, 0.1) is 11.7 Å². The second-order valence-electron chi connectivity index (χ2n) is 6.56. The van der Waals surface area contributed by atoms with Crippen LogP contribution in [0.1, 0.15) is 53.0 Å². The first-order chi connectivity index (χ1) is 9.31. The van der Waals surface area contributed by atoms with Gasteiger partial charge in [0.05, 0.1) is 6.61 Å². The van der Waals surface area contributed by atoms with Crippen molar-refractivity contribution in [1.29, 1.82) is 0 Å². The van der Waals surface area contributed by atoms with E-state index < -0.39 is 0 Å². The zero-order valence-corrected chi connectivity index (χ0v) is 13.4. The third-order valence-corrected chi connectivity index (χ3v) is 3.14. The van der Waals surface area contributed by atoms with Gasteiger partial charge in [-0.15, -0.1) is 0 Å². The molecule has 0 spiro atoms. The Labute approximate surface area is 122 Å². The molecule has 0 aromatic heterocycles. The van der Waals surface area contributed by atoms with Crippen molar-refractivity contribution < 1.29 is 9.13 Å². The van der Waals surface area contributed by atoms with Crippen LogP contribution in [0.2, 0.25) is 0 Å². The minimum Gasteiger partial charge on any atom is -0.493 e. The first kappa shape index (κ1) is 17.0. The molecule has 20 heavy (non-hydrogen) atoms. The lowest BCUT2D eigenvalue weighted by Gasteiger charge is -2.22. The lowest BCUT2D eigenvalue weighted by Crippen LogP contribution is -2.35. The molecular weight excluding hydrogens is 253 g/mol. The van der Waals surface area contributed by atoms with Crippen molar-refractivity contribution in [2.75, 3.05) is 6.61 Å². The van der Waals surface area contributed by atoms with Crippen LogP contribution in [0.3, 0.4) is 0 Å². The number of ether oxygens (including phenoxy) is 1. The van der Waals surface area contributed by atoms with Gasteiger partial charge >= 0.3 is 0 Å². The Hall–Kier alpha value is -1.09. The highest BCUT2D eigenvalue weighted by atomic mass is 19.1. The molecule has 0 aliphatic rings. The molecule has 1 atom stereocenters. The normalized spacial score (nSPS) is 13.3. The summed E-state index contributed by atoms with van der Waals surface area (Å²) in [5.74, 6) is 1.09. The Kier molecular flexibility index (Phi) is 6.47. The molecule has 0 heterocycles. The summed E-state index contributed by atoms with van der Waals surface area (Å²) >= 11 is 0. The number of halogens is 1. The van der Waals surface area contributed by atoms with Crippen LogP contribution in [0.25, 0.3) is 0 Å². The standard InChI is InChI=1S/C17H28FNO/c1-6-7-13(2)12-20-16-9-8-15(18)10-14(16)11-19-17(3,4)5/h8-10,13,19H,6-7,11-12H2,1-5H3. The van der Waals surface area contributed by atoms with Crippen molar-refractivity contribution in [3.63, 3.8) is 0 Å². The second-order valence-corrected chi connectivity index (χ2v) is 6.56. The molecule has 0 saturated carbocycles. The molecule has 2 nitrogen and oxygen atoms in total. The van der Waals surface area contributed by atoms with Crippen LogP contribution in [-0.2, 0) is 6.54 Å². The average Bonchev–Trinajstić information content (AvgIpc) is 2.34. The highest BCUT2D eigenvalue weighted by Gasteiger charge is 2.12. The lowest BCUT2D eigenvalue weighted by molar-refractivity contribution is 0.248. The summed E-state index contributed by atoms with van der Waals surface area (Å²) in [6.45, 7) is 11.9. The predicted octanol–water partition coefficient (Wildman–Crippen LogP) is 4.53. The average molecular weight is 281 g/mol. The zero-order chi connectivity index (χ0) is 15.2. The number of hydrogen-bond donors (Lipinski definition) is 1. The topological polar surface area (TPSA) is 21.3 Å². The van der Waals surface area contributed by atoms with E-state index in [9.17, 15) is 4.39 Å². The summed E-state index contributed by atoms with van der Waals surface area (Å²) in [4.78, 5) is 0. The van der Waals surface area contributed by atoms with E-state index in [1.54, 1.807) is 12.1 Å². The molecule has 0 amide bonds. The van der Waals surface area contributed by atoms with E-state index in [0.717, 1.165) is 24.2 Å².